The van der Waals surface area contributed by atoms with E-state index in [-0.39, 0.29) is 55.1 Å². The van der Waals surface area contributed by atoms with Gasteiger partial charge in [-0.1, -0.05) is 0 Å². The molecule has 3 atom stereocenters. The van der Waals surface area contributed by atoms with Crippen molar-refractivity contribution in [3.05, 3.63) is 39.7 Å². The van der Waals surface area contributed by atoms with E-state index < -0.39 is 52.0 Å². The molecule has 0 bridgehead atoms. The molecule has 7 N–H and O–H groups in total. The van der Waals surface area contributed by atoms with Crippen molar-refractivity contribution in [3.8, 4) is 5.75 Å². The first-order chi connectivity index (χ1) is 18.3. The van der Waals surface area contributed by atoms with Gasteiger partial charge in [0.1, 0.15) is 22.8 Å². The Kier molecular flexibility index (Phi) is 7.46. The average molecular weight is 544 g/mol. The second-order valence-electron chi connectivity index (χ2n) is 10.4. The topological polar surface area (TPSA) is 200 Å². The quantitative estimate of drug-likeness (QED) is 0.152. The second kappa shape index (κ2) is 10.3. The number of ketones is 2. The van der Waals surface area contributed by atoms with E-state index in [1.165, 1.54) is 7.11 Å². The summed E-state index contributed by atoms with van der Waals surface area (Å²) in [6, 6.07) is 1.78. The predicted octanol–water partition coefficient (Wildman–Crippen LogP) is 0.533. The largest absolute Gasteiger partial charge is 0.508 e. The molecule has 0 unspecified atom stereocenters. The Balaban J connectivity index is 1.76. The van der Waals surface area contributed by atoms with Crippen molar-refractivity contribution in [1.82, 2.24) is 5.32 Å². The summed E-state index contributed by atoms with van der Waals surface area (Å²) in [6.07, 6.45) is 0.668. The summed E-state index contributed by atoms with van der Waals surface area (Å²) >= 11 is 0. The number of methoxy groups -OCH3 is 1. The number of phenols is 1. The first-order valence-electron chi connectivity index (χ1n) is 12.6. The van der Waals surface area contributed by atoms with Crippen molar-refractivity contribution >= 4 is 34.9 Å². The number of amides is 1. The molecule has 0 heterocycles. The number of nitrogens with one attached hydrogen (secondary N) is 1. The zero-order valence-corrected chi connectivity index (χ0v) is 22.0. The molecule has 1 saturated carbocycles. The van der Waals surface area contributed by atoms with Gasteiger partial charge in [-0.2, -0.15) is 0 Å². The van der Waals surface area contributed by atoms with Crippen LogP contribution in [0.15, 0.2) is 23.0 Å². The third-order valence-electron chi connectivity index (χ3n) is 7.88. The number of Topliss-reactive ketones (excluding diaryl/α,β-unsaturated/α-hetero) is 2. The fourth-order valence-electron chi connectivity index (χ4n) is 5.94. The van der Waals surface area contributed by atoms with Crippen LogP contribution in [0.5, 0.6) is 5.75 Å². The molecule has 12 nitrogen and oxygen atoms in total. The second-order valence-corrected chi connectivity index (χ2v) is 10.4. The minimum atomic E-state index is -2.60. The fourth-order valence-corrected chi connectivity index (χ4v) is 5.94. The molecule has 12 heteroatoms. The molecular weight excluding hydrogens is 510 g/mol. The number of benzene rings is 1. The van der Waals surface area contributed by atoms with E-state index in [1.54, 1.807) is 20.2 Å². The number of nitrogens with two attached hydrogens (primary N) is 1. The Morgan fingerprint density at radius 1 is 1.21 bits per heavy atom. The molecule has 1 fully saturated rings. The molecule has 0 aromatic heterocycles. The highest BCUT2D eigenvalue weighted by atomic mass is 16.5. The number of hydrogen-bond acceptors (Lipinski definition) is 11. The number of carbonyl (C=O) groups is 4. The molecule has 210 valence electrons. The van der Waals surface area contributed by atoms with Crippen molar-refractivity contribution in [2.75, 3.05) is 32.6 Å². The lowest BCUT2D eigenvalue weighted by molar-refractivity contribution is -0.147. The zero-order valence-electron chi connectivity index (χ0n) is 22.0. The van der Waals surface area contributed by atoms with Gasteiger partial charge >= 0.3 is 5.97 Å². The van der Waals surface area contributed by atoms with E-state index in [1.807, 2.05) is 4.90 Å². The number of primary amides is 1. The van der Waals surface area contributed by atoms with Crippen LogP contribution < -0.4 is 16.0 Å². The molecule has 3 aliphatic carbocycles. The van der Waals surface area contributed by atoms with Gasteiger partial charge in [-0.3, -0.25) is 19.2 Å². The predicted molar refractivity (Wildman–Crippen MR) is 139 cm³/mol. The number of hydrogen-bond donors (Lipinski definition) is 6. The van der Waals surface area contributed by atoms with Gasteiger partial charge in [-0.15, -0.1) is 0 Å². The molecule has 39 heavy (non-hydrogen) atoms. The molecule has 0 spiro atoms. The summed E-state index contributed by atoms with van der Waals surface area (Å²) in [5, 5.41) is 47.8. The number of aliphatic hydroxyl groups excluding tert-OH is 2. The van der Waals surface area contributed by atoms with Gasteiger partial charge in [0.15, 0.2) is 11.4 Å². The lowest BCUT2D eigenvalue weighted by atomic mass is 9.59. The minimum absolute atomic E-state index is 0.0414. The van der Waals surface area contributed by atoms with Crippen molar-refractivity contribution < 1.29 is 44.3 Å². The smallest absolute Gasteiger partial charge is 0.305 e. The van der Waals surface area contributed by atoms with Gasteiger partial charge in [0.2, 0.25) is 5.78 Å². The van der Waals surface area contributed by atoms with Gasteiger partial charge in [-0.25, -0.2) is 0 Å². The number of fused-ring (bicyclic) bond motifs is 3. The number of rotatable bonds is 8. The maximum Gasteiger partial charge on any atom is 0.305 e. The Morgan fingerprint density at radius 3 is 2.51 bits per heavy atom. The summed E-state index contributed by atoms with van der Waals surface area (Å²) in [7, 11) is 4.91. The van der Waals surface area contributed by atoms with Crippen molar-refractivity contribution in [1.29, 1.82) is 0 Å². The fraction of sp³-hybridized carbons (Fsp3) is 0.481. The highest BCUT2D eigenvalue weighted by Crippen LogP contribution is 2.53. The normalized spacial score (nSPS) is 24.2. The number of aromatic hydroxyl groups is 1. The number of anilines is 1. The zero-order chi connectivity index (χ0) is 28.8. The van der Waals surface area contributed by atoms with Crippen molar-refractivity contribution in [2.24, 2.45) is 17.6 Å². The van der Waals surface area contributed by atoms with Crippen molar-refractivity contribution in [2.45, 2.75) is 44.2 Å². The SMILES string of the molecule is COC(=O)CCCNCc1cc(N(C)C)c2c(c1O)C(O)=C1C(=O)[C@]3(O)C(O)=C(C(N)=O)C(=O)C[C@@H]3C[C@@H]1C2. The Hall–Kier alpha value is -3.90. The van der Waals surface area contributed by atoms with Crippen LogP contribution in [-0.4, -0.2) is 77.2 Å². The van der Waals surface area contributed by atoms with Crippen LogP contribution in [0.3, 0.4) is 0 Å². The first kappa shape index (κ1) is 28.1. The molecule has 1 aromatic rings. The van der Waals surface area contributed by atoms with E-state index in [4.69, 9.17) is 5.73 Å². The number of ether oxygens (including phenoxy) is 1. The van der Waals surface area contributed by atoms with Gasteiger partial charge in [0.05, 0.1) is 12.7 Å². The molecule has 0 saturated heterocycles. The molecule has 1 aromatic carbocycles. The van der Waals surface area contributed by atoms with Crippen LogP contribution in [0.25, 0.3) is 5.76 Å². The molecule has 4 rings (SSSR count). The van der Waals surface area contributed by atoms with E-state index in [0.29, 0.717) is 29.8 Å². The van der Waals surface area contributed by atoms with Gasteiger partial charge in [0.25, 0.3) is 5.91 Å². The van der Waals surface area contributed by atoms with Crippen LogP contribution in [0.1, 0.15) is 42.4 Å². The molecule has 1 amide bonds. The van der Waals surface area contributed by atoms with Gasteiger partial charge in [0, 0.05) is 56.2 Å². The van der Waals surface area contributed by atoms with E-state index in [0.717, 1.165) is 0 Å². The van der Waals surface area contributed by atoms with Crippen LogP contribution >= 0.6 is 0 Å². The number of carbonyl (C=O) groups excluding carboxylic acids is 4. The Morgan fingerprint density at radius 2 is 1.90 bits per heavy atom. The number of esters is 1. The molecule has 0 radical (unpaired) electrons. The Labute approximate surface area is 224 Å². The third kappa shape index (κ3) is 4.53. The van der Waals surface area contributed by atoms with Crippen LogP contribution in [0.4, 0.5) is 5.69 Å². The van der Waals surface area contributed by atoms with Gasteiger partial charge in [-0.05, 0) is 43.4 Å². The average Bonchev–Trinajstić information content (AvgIpc) is 2.86. The van der Waals surface area contributed by atoms with E-state index in [9.17, 15) is 39.6 Å². The molecule has 3 aliphatic rings. The highest BCUT2D eigenvalue weighted by molar-refractivity contribution is 6.22. The monoisotopic (exact) mass is 543 g/mol. The molecular formula is C27H33N3O9. The number of nitrogens with zero attached hydrogens (tertiary/aromatic N) is 1. The standard InChI is InChI=1S/C27H33N3O9/c1-30(2)16-9-13(11-29-6-4-5-18(32)39-3)22(33)20-15(16)8-12-7-14-10-17(31)21(26(28)37)25(36)27(14,38)24(35)19(12)23(20)34/h9,12,14,29,33-34,36,38H,4-8,10-11H2,1-3H3,(H2,28,37)/t12-,14+,27+/m1/s1. The maximum absolute atomic E-state index is 13.7. The van der Waals surface area contributed by atoms with Crippen molar-refractivity contribution in [3.63, 3.8) is 0 Å². The molecule has 0 aliphatic heterocycles. The number of phenolic OH excluding ortho intramolecular Hbond substituents is 1. The third-order valence-corrected chi connectivity index (χ3v) is 7.88. The Bertz CT molecular complexity index is 1330. The highest BCUT2D eigenvalue weighted by Gasteiger charge is 2.60. The van der Waals surface area contributed by atoms with E-state index in [2.05, 4.69) is 10.1 Å². The van der Waals surface area contributed by atoms with Gasteiger partial charge < -0.3 is 41.1 Å². The lowest BCUT2D eigenvalue weighted by Crippen LogP contribution is -2.58. The minimum Gasteiger partial charge on any atom is -0.508 e. The summed E-state index contributed by atoms with van der Waals surface area (Å²) in [4.78, 5) is 51.1. The maximum atomic E-state index is 13.7. The van der Waals surface area contributed by atoms with Crippen LogP contribution in [-0.2, 0) is 36.9 Å². The summed E-state index contributed by atoms with van der Waals surface area (Å²) in [6.45, 7) is 0.651. The number of aliphatic hydroxyl groups is 3. The van der Waals surface area contributed by atoms with Crippen LogP contribution in [0.2, 0.25) is 0 Å². The lowest BCUT2D eigenvalue weighted by Gasteiger charge is -2.46. The summed E-state index contributed by atoms with van der Waals surface area (Å²) in [5.41, 5.74) is 3.39. The van der Waals surface area contributed by atoms with E-state index >= 15 is 0 Å². The van der Waals surface area contributed by atoms with Crippen LogP contribution in [0, 0.1) is 11.8 Å². The summed E-state index contributed by atoms with van der Waals surface area (Å²) < 4.78 is 4.62. The summed E-state index contributed by atoms with van der Waals surface area (Å²) in [5.74, 6) is -6.90. The first-order valence-corrected chi connectivity index (χ1v) is 12.6.